The zero-order valence-electron chi connectivity index (χ0n) is 9.52. The van der Waals surface area contributed by atoms with E-state index in [9.17, 15) is 4.79 Å². The summed E-state index contributed by atoms with van der Waals surface area (Å²) >= 11 is 0. The molecule has 0 aliphatic heterocycles. The predicted octanol–water partition coefficient (Wildman–Crippen LogP) is 1.69. The molecule has 1 rings (SSSR count). The van der Waals surface area contributed by atoms with Crippen molar-refractivity contribution < 1.29 is 9.53 Å². The summed E-state index contributed by atoms with van der Waals surface area (Å²) in [6.07, 6.45) is 2.55. The number of imidazole rings is 1. The molecule has 0 saturated carbocycles. The molecule has 0 bridgehead atoms. The normalized spacial score (nSPS) is 13.7. The Morgan fingerprint density at radius 1 is 1.60 bits per heavy atom. The molecule has 0 aliphatic rings. The Morgan fingerprint density at radius 2 is 2.20 bits per heavy atom. The summed E-state index contributed by atoms with van der Waals surface area (Å²) in [5.41, 5.74) is 5.79. The van der Waals surface area contributed by atoms with Gasteiger partial charge in [-0.05, 0) is 27.7 Å². The quantitative estimate of drug-likeness (QED) is 0.767. The molecule has 0 amide bonds. The van der Waals surface area contributed by atoms with E-state index in [-0.39, 0.29) is 6.04 Å². The fourth-order valence-electron chi connectivity index (χ4n) is 0.988. The van der Waals surface area contributed by atoms with Crippen LogP contribution in [0.4, 0.5) is 4.79 Å². The molecule has 0 aromatic carbocycles. The number of aromatic nitrogens is 2. The van der Waals surface area contributed by atoms with Crippen molar-refractivity contribution in [2.45, 2.75) is 39.3 Å². The molecule has 0 aliphatic carbocycles. The molecule has 0 saturated heterocycles. The molecule has 0 radical (unpaired) electrons. The highest BCUT2D eigenvalue weighted by atomic mass is 16.6. The van der Waals surface area contributed by atoms with Crippen LogP contribution in [-0.4, -0.2) is 21.2 Å². The van der Waals surface area contributed by atoms with Gasteiger partial charge in [-0.3, -0.25) is 0 Å². The van der Waals surface area contributed by atoms with Gasteiger partial charge >= 0.3 is 6.09 Å². The lowest BCUT2D eigenvalue weighted by Gasteiger charge is -2.19. The fourth-order valence-corrected chi connectivity index (χ4v) is 0.988. The van der Waals surface area contributed by atoms with E-state index in [1.165, 1.54) is 10.9 Å². The summed E-state index contributed by atoms with van der Waals surface area (Å²) in [5, 5.41) is 0. The van der Waals surface area contributed by atoms with Crippen molar-refractivity contribution in [1.29, 1.82) is 0 Å². The van der Waals surface area contributed by atoms with Crippen molar-refractivity contribution in [2.24, 2.45) is 5.73 Å². The van der Waals surface area contributed by atoms with Crippen molar-refractivity contribution in [3.8, 4) is 0 Å². The highest BCUT2D eigenvalue weighted by molar-refractivity contribution is 5.70. The maximum Gasteiger partial charge on any atom is 0.419 e. The molecule has 1 heterocycles. The minimum atomic E-state index is -0.504. The van der Waals surface area contributed by atoms with Crippen LogP contribution >= 0.6 is 0 Å². The van der Waals surface area contributed by atoms with Crippen LogP contribution < -0.4 is 5.73 Å². The monoisotopic (exact) mass is 211 g/mol. The standard InChI is InChI=1S/C10H17N3O2/c1-7(11)8-5-13(6-12-8)9(14)15-10(2,3)4/h5-7H,11H2,1-4H3/t7-/m1/s1. The van der Waals surface area contributed by atoms with E-state index in [0.29, 0.717) is 5.69 Å². The number of rotatable bonds is 1. The van der Waals surface area contributed by atoms with Gasteiger partial charge in [-0.25, -0.2) is 14.3 Å². The molecule has 2 N–H and O–H groups in total. The van der Waals surface area contributed by atoms with Crippen LogP contribution in [0.5, 0.6) is 0 Å². The van der Waals surface area contributed by atoms with Crippen molar-refractivity contribution in [1.82, 2.24) is 9.55 Å². The van der Waals surface area contributed by atoms with Gasteiger partial charge in [0.1, 0.15) is 11.9 Å². The Bertz CT molecular complexity index is 350. The van der Waals surface area contributed by atoms with Gasteiger partial charge in [0, 0.05) is 12.2 Å². The second kappa shape index (κ2) is 4.02. The topological polar surface area (TPSA) is 70.1 Å². The number of ether oxygens (including phenoxy) is 1. The molecule has 15 heavy (non-hydrogen) atoms. The second-order valence-corrected chi connectivity index (χ2v) is 4.47. The third-order valence-electron chi connectivity index (χ3n) is 1.67. The van der Waals surface area contributed by atoms with Gasteiger partial charge in [0.25, 0.3) is 0 Å². The van der Waals surface area contributed by atoms with Crippen LogP contribution in [-0.2, 0) is 4.74 Å². The van der Waals surface area contributed by atoms with Crippen LogP contribution in [0, 0.1) is 0 Å². The van der Waals surface area contributed by atoms with Gasteiger partial charge in [0.05, 0.1) is 5.69 Å². The van der Waals surface area contributed by atoms with Crippen LogP contribution in [0.25, 0.3) is 0 Å². The summed E-state index contributed by atoms with van der Waals surface area (Å²) in [6, 6.07) is -0.186. The lowest BCUT2D eigenvalue weighted by atomic mass is 10.2. The summed E-state index contributed by atoms with van der Waals surface area (Å²) < 4.78 is 6.46. The summed E-state index contributed by atoms with van der Waals surface area (Å²) in [6.45, 7) is 7.25. The SMILES string of the molecule is C[C@@H](N)c1cn(C(=O)OC(C)(C)C)cn1. The van der Waals surface area contributed by atoms with Crippen molar-refractivity contribution in [2.75, 3.05) is 0 Å². The second-order valence-electron chi connectivity index (χ2n) is 4.47. The third-order valence-corrected chi connectivity index (χ3v) is 1.67. The van der Waals surface area contributed by atoms with Crippen molar-refractivity contribution >= 4 is 6.09 Å². The molecule has 84 valence electrons. The number of nitrogens with zero attached hydrogens (tertiary/aromatic N) is 2. The zero-order valence-corrected chi connectivity index (χ0v) is 9.52. The van der Waals surface area contributed by atoms with Gasteiger partial charge in [-0.15, -0.1) is 0 Å². The van der Waals surface area contributed by atoms with Crippen LogP contribution in [0.2, 0.25) is 0 Å². The van der Waals surface area contributed by atoms with Crippen molar-refractivity contribution in [3.63, 3.8) is 0 Å². The maximum absolute atomic E-state index is 11.6. The molecule has 0 spiro atoms. The molecule has 5 heteroatoms. The number of carbonyl (C=O) groups is 1. The van der Waals surface area contributed by atoms with E-state index in [4.69, 9.17) is 10.5 Å². The molecule has 1 atom stereocenters. The van der Waals surface area contributed by atoms with Crippen LogP contribution in [0.3, 0.4) is 0 Å². The first-order valence-corrected chi connectivity index (χ1v) is 4.82. The first-order chi connectivity index (χ1) is 6.79. The highest BCUT2D eigenvalue weighted by Gasteiger charge is 2.18. The largest absolute Gasteiger partial charge is 0.443 e. The average molecular weight is 211 g/mol. The van der Waals surface area contributed by atoms with E-state index in [1.54, 1.807) is 6.20 Å². The van der Waals surface area contributed by atoms with E-state index in [0.717, 1.165) is 0 Å². The lowest BCUT2D eigenvalue weighted by Crippen LogP contribution is -2.26. The van der Waals surface area contributed by atoms with Crippen LogP contribution in [0.1, 0.15) is 39.4 Å². The Kier molecular flexibility index (Phi) is 3.14. The average Bonchev–Trinajstić information content (AvgIpc) is 2.47. The van der Waals surface area contributed by atoms with E-state index in [2.05, 4.69) is 4.98 Å². The third kappa shape index (κ3) is 3.36. The van der Waals surface area contributed by atoms with E-state index >= 15 is 0 Å². The van der Waals surface area contributed by atoms with Crippen LogP contribution in [0.15, 0.2) is 12.5 Å². The zero-order chi connectivity index (χ0) is 11.6. The van der Waals surface area contributed by atoms with E-state index < -0.39 is 11.7 Å². The molecular weight excluding hydrogens is 194 g/mol. The lowest BCUT2D eigenvalue weighted by molar-refractivity contribution is 0.0536. The molecule has 1 aromatic rings. The first-order valence-electron chi connectivity index (χ1n) is 4.82. The summed E-state index contributed by atoms with van der Waals surface area (Å²) in [7, 11) is 0. The molecule has 5 nitrogen and oxygen atoms in total. The summed E-state index contributed by atoms with van der Waals surface area (Å²) in [4.78, 5) is 15.6. The van der Waals surface area contributed by atoms with E-state index in [1.807, 2.05) is 27.7 Å². The Hall–Kier alpha value is -1.36. The minimum absolute atomic E-state index is 0.186. The Labute approximate surface area is 89.2 Å². The van der Waals surface area contributed by atoms with Gasteiger partial charge < -0.3 is 10.5 Å². The molecule has 0 unspecified atom stereocenters. The van der Waals surface area contributed by atoms with Gasteiger partial charge in [0.15, 0.2) is 0 Å². The first kappa shape index (κ1) is 11.7. The Balaban J connectivity index is 2.75. The number of hydrogen-bond acceptors (Lipinski definition) is 4. The van der Waals surface area contributed by atoms with Gasteiger partial charge in [0.2, 0.25) is 0 Å². The molecule has 0 fully saturated rings. The number of carbonyl (C=O) groups excluding carboxylic acids is 1. The van der Waals surface area contributed by atoms with Crippen molar-refractivity contribution in [3.05, 3.63) is 18.2 Å². The van der Waals surface area contributed by atoms with Gasteiger partial charge in [-0.1, -0.05) is 0 Å². The minimum Gasteiger partial charge on any atom is -0.443 e. The number of hydrogen-bond donors (Lipinski definition) is 1. The fraction of sp³-hybridized carbons (Fsp3) is 0.600. The highest BCUT2D eigenvalue weighted by Crippen LogP contribution is 2.11. The maximum atomic E-state index is 11.6. The number of nitrogens with two attached hydrogens (primary N) is 1. The summed E-state index contributed by atoms with van der Waals surface area (Å²) in [5.74, 6) is 0. The van der Waals surface area contributed by atoms with Gasteiger partial charge in [-0.2, -0.15) is 0 Å². The molecule has 1 aromatic heterocycles. The molecular formula is C10H17N3O2. The smallest absolute Gasteiger partial charge is 0.419 e. The predicted molar refractivity (Wildman–Crippen MR) is 56.5 cm³/mol. The Morgan fingerprint density at radius 3 is 2.60 bits per heavy atom.